The van der Waals surface area contributed by atoms with Crippen molar-refractivity contribution in [3.63, 3.8) is 0 Å². The second-order valence-electron chi connectivity index (χ2n) is 0.933. The van der Waals surface area contributed by atoms with Crippen LogP contribution < -0.4 is 0 Å². The lowest BCUT2D eigenvalue weighted by atomic mass is 10.6. The number of aliphatic imine (C=N–C) groups is 1. The van der Waals surface area contributed by atoms with E-state index in [0.717, 1.165) is 0 Å². The summed E-state index contributed by atoms with van der Waals surface area (Å²) in [6.07, 6.45) is 5.58. The molecule has 0 rings (SSSR count). The van der Waals surface area contributed by atoms with Gasteiger partial charge in [0, 0.05) is 13.3 Å². The molecule has 1 nitrogen and oxygen atoms in total. The van der Waals surface area contributed by atoms with Gasteiger partial charge in [0.2, 0.25) is 0 Å². The van der Waals surface area contributed by atoms with Gasteiger partial charge < -0.3 is 0 Å². The standard InChI is InChI=1S/C5H9N/c1-3-4-5-6-2/h3-5H,1-2H3/b4-3+,6-5-. The number of allylic oxidation sites excluding steroid dienone is 2. The summed E-state index contributed by atoms with van der Waals surface area (Å²) in [6.45, 7) is 1.96. The Morgan fingerprint density at radius 3 is 2.33 bits per heavy atom. The van der Waals surface area contributed by atoms with Gasteiger partial charge in [0.15, 0.2) is 0 Å². The zero-order valence-corrected chi connectivity index (χ0v) is 4.18. The third-order valence-corrected chi connectivity index (χ3v) is 0.428. The Hall–Kier alpha value is -0.590. The molecule has 0 fully saturated rings. The summed E-state index contributed by atoms with van der Waals surface area (Å²) in [5.74, 6) is 0. The van der Waals surface area contributed by atoms with Gasteiger partial charge in [0.25, 0.3) is 0 Å². The Morgan fingerprint density at radius 2 is 2.17 bits per heavy atom. The first-order valence-electron chi connectivity index (χ1n) is 1.95. The maximum Gasteiger partial charge on any atom is 0.0277 e. The molecular formula is C5H9N. The van der Waals surface area contributed by atoms with E-state index in [1.807, 2.05) is 19.1 Å². The number of hydrogen-bond donors (Lipinski definition) is 0. The van der Waals surface area contributed by atoms with Gasteiger partial charge in [-0.3, -0.25) is 4.99 Å². The molecular weight excluding hydrogens is 74.1 g/mol. The van der Waals surface area contributed by atoms with Crippen molar-refractivity contribution < 1.29 is 0 Å². The van der Waals surface area contributed by atoms with Gasteiger partial charge in [-0.2, -0.15) is 0 Å². The van der Waals surface area contributed by atoms with Gasteiger partial charge in [0.1, 0.15) is 0 Å². The number of hydrogen-bond acceptors (Lipinski definition) is 1. The number of rotatable bonds is 1. The van der Waals surface area contributed by atoms with Gasteiger partial charge in [-0.1, -0.05) is 6.08 Å². The van der Waals surface area contributed by atoms with Crippen molar-refractivity contribution in [3.05, 3.63) is 12.2 Å². The Balaban J connectivity index is 3.07. The third-order valence-electron chi connectivity index (χ3n) is 0.428. The topological polar surface area (TPSA) is 12.4 Å². The van der Waals surface area contributed by atoms with Crippen LogP contribution in [0.5, 0.6) is 0 Å². The molecule has 0 saturated carbocycles. The van der Waals surface area contributed by atoms with Crippen LogP contribution in [0.2, 0.25) is 0 Å². The second-order valence-corrected chi connectivity index (χ2v) is 0.933. The second kappa shape index (κ2) is 4.41. The van der Waals surface area contributed by atoms with E-state index in [9.17, 15) is 0 Å². The molecule has 0 unspecified atom stereocenters. The van der Waals surface area contributed by atoms with Crippen molar-refractivity contribution in [1.29, 1.82) is 0 Å². The maximum absolute atomic E-state index is 3.71. The molecule has 0 amide bonds. The molecule has 0 atom stereocenters. The van der Waals surface area contributed by atoms with Crippen LogP contribution >= 0.6 is 0 Å². The zero-order valence-electron chi connectivity index (χ0n) is 4.18. The predicted octanol–water partition coefficient (Wildman–Crippen LogP) is 1.26. The van der Waals surface area contributed by atoms with Crippen molar-refractivity contribution >= 4 is 6.21 Å². The van der Waals surface area contributed by atoms with Gasteiger partial charge >= 0.3 is 0 Å². The Labute approximate surface area is 38.4 Å². The van der Waals surface area contributed by atoms with E-state index in [1.54, 1.807) is 13.3 Å². The lowest BCUT2D eigenvalue weighted by molar-refractivity contribution is 1.47. The van der Waals surface area contributed by atoms with Gasteiger partial charge in [0.05, 0.1) is 0 Å². The molecule has 34 valence electrons. The van der Waals surface area contributed by atoms with Crippen LogP contribution in [0.25, 0.3) is 0 Å². The van der Waals surface area contributed by atoms with Gasteiger partial charge in [-0.15, -0.1) is 0 Å². The van der Waals surface area contributed by atoms with Crippen LogP contribution in [0.1, 0.15) is 6.92 Å². The summed E-state index contributed by atoms with van der Waals surface area (Å²) in [7, 11) is 1.75. The molecule has 0 N–H and O–H groups in total. The fraction of sp³-hybridized carbons (Fsp3) is 0.400. The quantitative estimate of drug-likeness (QED) is 0.423. The van der Waals surface area contributed by atoms with Crippen LogP contribution in [0, 0.1) is 0 Å². The lowest BCUT2D eigenvalue weighted by Crippen LogP contribution is -1.56. The summed E-state index contributed by atoms with van der Waals surface area (Å²) in [4.78, 5) is 3.71. The minimum absolute atomic E-state index is 1.75. The highest BCUT2D eigenvalue weighted by atomic mass is 14.6. The van der Waals surface area contributed by atoms with Crippen LogP contribution in [0.15, 0.2) is 17.1 Å². The van der Waals surface area contributed by atoms with E-state index < -0.39 is 0 Å². The molecule has 0 aliphatic heterocycles. The minimum atomic E-state index is 1.75. The predicted molar refractivity (Wildman–Crippen MR) is 29.2 cm³/mol. The van der Waals surface area contributed by atoms with Crippen LogP contribution in [-0.4, -0.2) is 13.3 Å². The monoisotopic (exact) mass is 83.1 g/mol. The molecule has 0 heterocycles. The largest absolute Gasteiger partial charge is 0.297 e. The highest BCUT2D eigenvalue weighted by Crippen LogP contribution is 1.60. The van der Waals surface area contributed by atoms with E-state index in [-0.39, 0.29) is 0 Å². The van der Waals surface area contributed by atoms with E-state index in [1.165, 1.54) is 0 Å². The summed E-state index contributed by atoms with van der Waals surface area (Å²) in [5, 5.41) is 0. The molecule has 0 radical (unpaired) electrons. The molecule has 0 bridgehead atoms. The SMILES string of the molecule is C/C=C/C=N\C. The summed E-state index contributed by atoms with van der Waals surface area (Å²) >= 11 is 0. The van der Waals surface area contributed by atoms with Crippen LogP contribution in [-0.2, 0) is 0 Å². The average molecular weight is 83.1 g/mol. The molecule has 0 aromatic rings. The molecule has 0 aliphatic carbocycles. The first kappa shape index (κ1) is 5.41. The van der Waals surface area contributed by atoms with E-state index in [4.69, 9.17) is 0 Å². The number of nitrogens with zero attached hydrogens (tertiary/aromatic N) is 1. The average Bonchev–Trinajstić information content (AvgIpc) is 1.61. The van der Waals surface area contributed by atoms with Gasteiger partial charge in [-0.05, 0) is 13.0 Å². The van der Waals surface area contributed by atoms with Crippen LogP contribution in [0.3, 0.4) is 0 Å². The van der Waals surface area contributed by atoms with Crippen LogP contribution in [0.4, 0.5) is 0 Å². The zero-order chi connectivity index (χ0) is 4.83. The highest BCUT2D eigenvalue weighted by Gasteiger charge is 1.49. The Morgan fingerprint density at radius 1 is 1.50 bits per heavy atom. The van der Waals surface area contributed by atoms with Crippen molar-refractivity contribution in [2.24, 2.45) is 4.99 Å². The van der Waals surface area contributed by atoms with E-state index >= 15 is 0 Å². The Bertz CT molecular complexity index is 52.3. The summed E-state index contributed by atoms with van der Waals surface area (Å²) in [6, 6.07) is 0. The Kier molecular flexibility index (Phi) is 3.98. The minimum Gasteiger partial charge on any atom is -0.297 e. The normalized spacial score (nSPS) is 11.7. The van der Waals surface area contributed by atoms with Gasteiger partial charge in [-0.25, -0.2) is 0 Å². The first-order chi connectivity index (χ1) is 2.91. The van der Waals surface area contributed by atoms with Crippen molar-refractivity contribution in [1.82, 2.24) is 0 Å². The fourth-order valence-electron chi connectivity index (χ4n) is 0.172. The first-order valence-corrected chi connectivity index (χ1v) is 1.95. The molecule has 1 heteroatoms. The molecule has 0 saturated heterocycles. The highest BCUT2D eigenvalue weighted by molar-refractivity contribution is 5.70. The molecule has 0 aromatic heterocycles. The molecule has 0 spiro atoms. The summed E-state index contributed by atoms with van der Waals surface area (Å²) in [5.41, 5.74) is 0. The lowest BCUT2D eigenvalue weighted by Gasteiger charge is -1.63. The van der Waals surface area contributed by atoms with E-state index in [0.29, 0.717) is 0 Å². The van der Waals surface area contributed by atoms with Crippen molar-refractivity contribution in [2.75, 3.05) is 7.05 Å². The molecule has 0 aromatic carbocycles. The van der Waals surface area contributed by atoms with Crippen molar-refractivity contribution in [2.45, 2.75) is 6.92 Å². The van der Waals surface area contributed by atoms with E-state index in [2.05, 4.69) is 4.99 Å². The molecule has 0 aliphatic rings. The third kappa shape index (κ3) is 3.41. The fourth-order valence-corrected chi connectivity index (χ4v) is 0.172. The summed E-state index contributed by atoms with van der Waals surface area (Å²) < 4.78 is 0. The molecule has 6 heavy (non-hydrogen) atoms. The smallest absolute Gasteiger partial charge is 0.0277 e. The maximum atomic E-state index is 3.71. The van der Waals surface area contributed by atoms with Crippen molar-refractivity contribution in [3.8, 4) is 0 Å².